The van der Waals surface area contributed by atoms with Crippen molar-refractivity contribution in [2.45, 2.75) is 140 Å². The van der Waals surface area contributed by atoms with Crippen LogP contribution in [0.5, 0.6) is 36.8 Å². The zero-order valence-corrected chi connectivity index (χ0v) is 86.8. The van der Waals surface area contributed by atoms with E-state index in [0.717, 1.165) is 222 Å². The highest BCUT2D eigenvalue weighted by atomic mass is 32.1. The zero-order chi connectivity index (χ0) is 103. The molecule has 6 aromatic carbocycles. The van der Waals surface area contributed by atoms with Gasteiger partial charge in [0, 0.05) is 90.4 Å². The number of hydrogen-bond acceptors (Lipinski definition) is 32. The van der Waals surface area contributed by atoms with Crippen molar-refractivity contribution in [1.82, 2.24) is 49.8 Å². The number of carboxylic acids is 5. The van der Waals surface area contributed by atoms with Crippen molar-refractivity contribution in [3.8, 4) is 91.0 Å². The van der Waals surface area contributed by atoms with Gasteiger partial charge in [0.25, 0.3) is 0 Å². The number of rotatable bonds is 38. The first-order valence-corrected chi connectivity index (χ1v) is 50.5. The molecule has 0 bridgehead atoms. The zero-order valence-electron chi connectivity index (χ0n) is 82.7. The van der Waals surface area contributed by atoms with Crippen LogP contribution < -0.4 is 59.7 Å². The van der Waals surface area contributed by atoms with Crippen LogP contribution in [0.1, 0.15) is 173 Å². The highest BCUT2D eigenvalue weighted by Crippen LogP contribution is 2.42. The molecule has 0 amide bonds. The number of aryl methyl sites for hydroxylation is 5. The number of nitrogens with zero attached hydrogens (tertiary/aromatic N) is 10. The molecule has 144 heavy (non-hydrogen) atoms. The topological polar surface area (TPSA) is 440 Å². The second-order valence-corrected chi connectivity index (χ2v) is 36.6. The van der Waals surface area contributed by atoms with E-state index in [4.69, 9.17) is 93.2 Å². The number of aromatic nitrogens is 10. The molecule has 0 aliphatic carbocycles. The predicted molar refractivity (Wildman–Crippen MR) is 572 cm³/mol. The highest BCUT2D eigenvalue weighted by molar-refractivity contribution is 7.18. The molecule has 10 heterocycles. The first-order valence-electron chi connectivity index (χ1n) is 46.4. The third kappa shape index (κ3) is 27.0. The number of hydrogen-bond donors (Lipinski definition) is 10. The number of thiophene rings is 5. The molecule has 16 rings (SSSR count). The van der Waals surface area contributed by atoms with E-state index in [1.807, 2.05) is 109 Å². The standard InChI is InChI=1S/C24H23N3O3S.2C21H23N3O4S.C21H23N3O3S.C20H21N3O3S/c1-4-18-19(5-2)26-23(20-10-11-21(30-3)31-20)27-22(18)25-17-9-8-14-12-16(24(28)29)7-6-15(14)13-17;1-5-14-15(6-2)22-19(13-10-18(28-4)29-11-13)24-20(14)23-16-8-7-12(21(25)26)9-17(16)27-3;1-5-13-14(6-2)22-20(17-9-10-18(28-4)29-17)24-19(13)23-15-8-7-12(21(25)26)11-16(15)27-3;1-4-15-16(5-2)23-21(17-10-11-19(27-3)28-17)24-20(15)22-14-8-6-13(7-9-14)12-18(25)26;1-4-14-15(5-2)22-19(16-10-11-17(26-3)27-16)23-18(14)21-13-8-6-12(7-9-13)20(24)25/h6-13H,4-5H2,1-3H3,(H,28,29)(H,25,26,27);2*7-11H,5-6H2,1-4H3,(H,25,26)(H,22,23,24);6-11H,4-5,12H2,1-3H3,(H,25,26)(H,22,23,24);6-11H,4-5H2,1-3H3,(H,24,25)(H,21,22,23). The lowest BCUT2D eigenvalue weighted by molar-refractivity contribution is -0.136. The van der Waals surface area contributed by atoms with Crippen molar-refractivity contribution in [3.05, 3.63) is 265 Å². The molecule has 0 spiro atoms. The molecule has 0 atom stereocenters. The number of anilines is 10. The second kappa shape index (κ2) is 51.2. The summed E-state index contributed by atoms with van der Waals surface area (Å²) in [5, 5.41) is 70.2. The third-order valence-electron chi connectivity index (χ3n) is 22.7. The van der Waals surface area contributed by atoms with E-state index >= 15 is 0 Å². The van der Waals surface area contributed by atoms with Crippen molar-refractivity contribution in [1.29, 1.82) is 0 Å². The SMILES string of the molecule is CCc1nc(-c2ccc(OC)s2)nc(Nc2ccc(C(=O)O)cc2)c1CC.CCc1nc(-c2ccc(OC)s2)nc(Nc2ccc(C(=O)O)cc2OC)c1CC.CCc1nc(-c2ccc(OC)s2)nc(Nc2ccc(CC(=O)O)cc2)c1CC.CCc1nc(-c2ccc(OC)s2)nc(Nc2ccc3cc(C(=O)O)ccc3c2)c1CC.CCc1nc(-c2csc(OC)c2)nc(Nc2ccc(C(=O)O)cc2OC)c1CC. The molecule has 10 N–H and O–H groups in total. The maximum absolute atomic E-state index is 11.2. The maximum atomic E-state index is 11.2. The summed E-state index contributed by atoms with van der Waals surface area (Å²) >= 11 is 7.50. The average molecular weight is 2040 g/mol. The van der Waals surface area contributed by atoms with Crippen molar-refractivity contribution >= 4 is 155 Å². The third-order valence-corrected chi connectivity index (χ3v) is 27.7. The molecule has 32 nitrogen and oxygen atoms in total. The largest absolute Gasteiger partial charge is 0.495 e. The van der Waals surface area contributed by atoms with Crippen LogP contribution in [-0.4, -0.2) is 155 Å². The summed E-state index contributed by atoms with van der Waals surface area (Å²) in [6.45, 7) is 20.8. The van der Waals surface area contributed by atoms with Gasteiger partial charge in [-0.25, -0.2) is 69.0 Å². The van der Waals surface area contributed by atoms with Gasteiger partial charge in [-0.2, -0.15) is 0 Å². The molecule has 0 aliphatic heterocycles. The smallest absolute Gasteiger partial charge is 0.335 e. The molecule has 0 fully saturated rings. The lowest BCUT2D eigenvalue weighted by Crippen LogP contribution is -2.08. The van der Waals surface area contributed by atoms with Gasteiger partial charge in [0.15, 0.2) is 54.4 Å². The van der Waals surface area contributed by atoms with Crippen LogP contribution in [0.4, 0.5) is 57.5 Å². The Bertz CT molecular complexity index is 7040. The highest BCUT2D eigenvalue weighted by Gasteiger charge is 2.25. The molecule has 16 aromatic rings. The van der Waals surface area contributed by atoms with Crippen LogP contribution in [-0.2, 0) is 75.4 Å². The Morgan fingerprint density at radius 2 is 0.569 bits per heavy atom. The Hall–Kier alpha value is -15.6. The van der Waals surface area contributed by atoms with Crippen LogP contribution in [0, 0.1) is 0 Å². The fourth-order valence-electron chi connectivity index (χ4n) is 15.4. The van der Waals surface area contributed by atoms with Gasteiger partial charge in [0.05, 0.1) is 109 Å². The number of aliphatic carboxylic acids is 1. The molecule has 10 aromatic heterocycles. The van der Waals surface area contributed by atoms with Crippen molar-refractivity contribution in [3.63, 3.8) is 0 Å². The van der Waals surface area contributed by atoms with E-state index < -0.39 is 29.8 Å². The summed E-state index contributed by atoms with van der Waals surface area (Å²) in [7, 11) is 11.2. The number of aromatic carboxylic acids is 4. The summed E-state index contributed by atoms with van der Waals surface area (Å²) in [5.41, 5.74) is 16.6. The normalized spacial score (nSPS) is 10.7. The summed E-state index contributed by atoms with van der Waals surface area (Å²) < 4.78 is 37.2. The maximum Gasteiger partial charge on any atom is 0.335 e. The van der Waals surface area contributed by atoms with Crippen LogP contribution >= 0.6 is 56.7 Å². The van der Waals surface area contributed by atoms with Gasteiger partial charge in [0.1, 0.15) is 40.6 Å². The number of methoxy groups -OCH3 is 7. The van der Waals surface area contributed by atoms with Crippen molar-refractivity contribution < 1.29 is 82.7 Å². The quantitative estimate of drug-likeness (QED) is 0.0172. The van der Waals surface area contributed by atoms with E-state index in [2.05, 4.69) is 95.8 Å². The molecule has 0 saturated carbocycles. The van der Waals surface area contributed by atoms with Gasteiger partial charge in [-0.1, -0.05) is 139 Å². The fraction of sp³-hybridized carbons (Fsp3) is 0.262. The molecule has 0 saturated heterocycles. The molecular formula is C107H113N15O17S5. The Morgan fingerprint density at radius 1 is 0.278 bits per heavy atom. The van der Waals surface area contributed by atoms with Crippen LogP contribution in [0.2, 0.25) is 0 Å². The molecule has 0 radical (unpaired) electrons. The van der Waals surface area contributed by atoms with Crippen molar-refractivity contribution in [2.75, 3.05) is 76.4 Å². The van der Waals surface area contributed by atoms with E-state index in [1.54, 1.807) is 84.1 Å². The van der Waals surface area contributed by atoms with Gasteiger partial charge in [-0.05, 0) is 226 Å². The number of carbonyl (C=O) groups is 5. The summed E-state index contributed by atoms with van der Waals surface area (Å²) in [4.78, 5) is 107. The number of fused-ring (bicyclic) bond motifs is 1. The summed E-state index contributed by atoms with van der Waals surface area (Å²) in [6, 6.07) is 51.8. The van der Waals surface area contributed by atoms with E-state index in [1.165, 1.54) is 95.2 Å². The Morgan fingerprint density at radius 3 is 0.882 bits per heavy atom. The molecular weight excluding hydrogens is 1930 g/mol. The van der Waals surface area contributed by atoms with Gasteiger partial charge >= 0.3 is 29.8 Å². The molecule has 0 unspecified atom stereocenters. The Kier molecular flexibility index (Phi) is 38.2. The second-order valence-electron chi connectivity index (χ2n) is 31.6. The molecule has 0 aliphatic rings. The van der Waals surface area contributed by atoms with Crippen molar-refractivity contribution in [2.24, 2.45) is 0 Å². The monoisotopic (exact) mass is 2040 g/mol. The fourth-order valence-corrected chi connectivity index (χ4v) is 19.1. The van der Waals surface area contributed by atoms with E-state index in [0.29, 0.717) is 63.6 Å². The minimum absolute atomic E-state index is 0.0122. The predicted octanol–water partition coefficient (Wildman–Crippen LogP) is 25.0. The van der Waals surface area contributed by atoms with Crippen LogP contribution in [0.3, 0.4) is 0 Å². The minimum Gasteiger partial charge on any atom is -0.495 e. The lowest BCUT2D eigenvalue weighted by atomic mass is 10.1. The molecule has 37 heteroatoms. The van der Waals surface area contributed by atoms with Gasteiger partial charge in [0.2, 0.25) is 0 Å². The van der Waals surface area contributed by atoms with Crippen LogP contribution in [0.15, 0.2) is 181 Å². The Labute approximate surface area is 854 Å². The first-order chi connectivity index (χ1) is 69.6. The summed E-state index contributed by atoms with van der Waals surface area (Å²) in [5.74, 6) is 3.06. The van der Waals surface area contributed by atoms with Crippen LogP contribution in [0.25, 0.3) is 65.0 Å². The number of nitrogens with one attached hydrogen (secondary N) is 5. The number of benzene rings is 6. The number of ether oxygens (including phenoxy) is 7. The lowest BCUT2D eigenvalue weighted by Gasteiger charge is -2.16. The number of carboxylic acid groups (broad SMARTS) is 5. The van der Waals surface area contributed by atoms with Gasteiger partial charge in [-0.15, -0.1) is 11.3 Å². The summed E-state index contributed by atoms with van der Waals surface area (Å²) in [6.07, 6.45) is 7.92. The average Bonchev–Trinajstić information content (AvgIpc) is 1.33. The van der Waals surface area contributed by atoms with Gasteiger partial charge in [-0.3, -0.25) is 4.79 Å². The first kappa shape index (κ1) is 107. The minimum atomic E-state index is -1.01. The molecule has 748 valence electrons. The van der Waals surface area contributed by atoms with E-state index in [9.17, 15) is 39.3 Å². The van der Waals surface area contributed by atoms with E-state index in [-0.39, 0.29) is 28.7 Å². The Balaban J connectivity index is 0.000000161. The van der Waals surface area contributed by atoms with Gasteiger partial charge < -0.3 is 85.3 Å².